The van der Waals surface area contributed by atoms with Gasteiger partial charge < -0.3 is 10.2 Å². The average molecular weight is 450 g/mol. The first-order chi connectivity index (χ1) is 16.6. The maximum absolute atomic E-state index is 10.3. The Labute approximate surface area is 196 Å². The van der Waals surface area contributed by atoms with Gasteiger partial charge in [0.05, 0.1) is 17.1 Å². The summed E-state index contributed by atoms with van der Waals surface area (Å²) < 4.78 is 3.83. The van der Waals surface area contributed by atoms with Crippen molar-refractivity contribution in [3.8, 4) is 17.1 Å². The van der Waals surface area contributed by atoms with Gasteiger partial charge in [-0.1, -0.05) is 66.7 Å². The molecular weight excluding hydrogens is 428 g/mol. The molecule has 7 heteroatoms. The van der Waals surface area contributed by atoms with Crippen molar-refractivity contribution in [1.29, 1.82) is 0 Å². The lowest BCUT2D eigenvalue weighted by Crippen LogP contribution is -2.46. The van der Waals surface area contributed by atoms with Gasteiger partial charge in [-0.15, -0.1) is 5.10 Å². The average Bonchev–Trinajstić information content (AvgIpc) is 3.30. The third-order valence-corrected chi connectivity index (χ3v) is 4.81. The highest BCUT2D eigenvalue weighted by Gasteiger charge is 2.06. The van der Waals surface area contributed by atoms with Gasteiger partial charge in [-0.2, -0.15) is 0 Å². The molecule has 7 nitrogen and oxygen atoms in total. The molecule has 0 aliphatic rings. The molecule has 5 aromatic rings. The number of para-hydroxylation sites is 4. The molecule has 0 spiro atoms. The summed E-state index contributed by atoms with van der Waals surface area (Å²) in [6.07, 6.45) is 1.95. The van der Waals surface area contributed by atoms with Crippen LogP contribution in [0.4, 0.5) is 5.69 Å². The molecule has 5 rings (SSSR count). The summed E-state index contributed by atoms with van der Waals surface area (Å²) >= 11 is 0. The van der Waals surface area contributed by atoms with Crippen molar-refractivity contribution in [2.75, 3.05) is 0 Å². The lowest BCUT2D eigenvalue weighted by Gasteiger charge is -2.01. The maximum atomic E-state index is 10.3. The van der Waals surface area contributed by atoms with Crippen LogP contribution in [0.25, 0.3) is 11.4 Å². The van der Waals surface area contributed by atoms with Crippen LogP contribution in [0, 0.1) is 0 Å². The van der Waals surface area contributed by atoms with Crippen LogP contribution in [0.15, 0.2) is 127 Å². The minimum Gasteiger partial charge on any atom is -0.507 e. The zero-order valence-corrected chi connectivity index (χ0v) is 18.1. The van der Waals surface area contributed by atoms with Crippen LogP contribution in [-0.4, -0.2) is 20.9 Å². The second-order valence-electron chi connectivity index (χ2n) is 7.17. The molecule has 0 bridgehead atoms. The number of aromatic carboxylic acids is 1. The predicted octanol–water partition coefficient (Wildman–Crippen LogP) is 4.03. The molecule has 0 aliphatic heterocycles. The summed E-state index contributed by atoms with van der Waals surface area (Å²) in [6.45, 7) is 0. The molecule has 1 aromatic heterocycles. The summed E-state index contributed by atoms with van der Waals surface area (Å²) in [5.41, 5.74) is 3.46. The van der Waals surface area contributed by atoms with Crippen LogP contribution in [0.2, 0.25) is 0 Å². The molecule has 0 amide bonds. The van der Waals surface area contributed by atoms with Crippen molar-refractivity contribution in [3.63, 3.8) is 0 Å². The Hall–Kier alpha value is -4.91. The van der Waals surface area contributed by atoms with Crippen molar-refractivity contribution in [2.24, 2.45) is 4.99 Å². The third-order valence-electron chi connectivity index (χ3n) is 4.81. The Bertz CT molecular complexity index is 1430. The highest BCUT2D eigenvalue weighted by molar-refractivity contribution is 5.90. The van der Waals surface area contributed by atoms with E-state index in [9.17, 15) is 4.79 Å². The second kappa shape index (κ2) is 10.6. The zero-order valence-electron chi connectivity index (χ0n) is 18.1. The minimum atomic E-state index is -1.11. The van der Waals surface area contributed by atoms with Gasteiger partial charge in [0, 0.05) is 0 Å². The van der Waals surface area contributed by atoms with E-state index in [1.165, 1.54) is 12.1 Å². The number of carbonyl (C=O) groups is 1. The molecule has 0 saturated heterocycles. The lowest BCUT2D eigenvalue weighted by atomic mass is 10.2. The molecule has 0 atom stereocenters. The molecule has 0 radical (unpaired) electrons. The van der Waals surface area contributed by atoms with E-state index < -0.39 is 5.97 Å². The fourth-order valence-electron chi connectivity index (χ4n) is 3.16. The maximum Gasteiger partial charge on any atom is 0.339 e. The van der Waals surface area contributed by atoms with Crippen LogP contribution in [-0.2, 0) is 0 Å². The number of phenols is 1. The quantitative estimate of drug-likeness (QED) is 0.404. The summed E-state index contributed by atoms with van der Waals surface area (Å²) in [5, 5.41) is 22.0. The fraction of sp³-hybridized carbons (Fsp3) is 0. The van der Waals surface area contributed by atoms with E-state index >= 15 is 0 Å². The zero-order chi connectivity index (χ0) is 23.8. The van der Waals surface area contributed by atoms with E-state index in [1.54, 1.807) is 12.1 Å². The van der Waals surface area contributed by atoms with Crippen LogP contribution < -0.4 is 15.3 Å². The van der Waals surface area contributed by atoms with Gasteiger partial charge >= 0.3 is 5.97 Å². The second-order valence-corrected chi connectivity index (χ2v) is 7.17. The van der Waals surface area contributed by atoms with Crippen molar-refractivity contribution in [3.05, 3.63) is 133 Å². The first-order valence-electron chi connectivity index (χ1n) is 10.5. The standard InChI is InChI=1S/C20H16N4.C7H6O3/c1-4-10-17(11-5-1)21-20-22-24(19-14-8-3-9-15-19)16-23(20)18-12-6-2-7-13-18;8-6-4-2-1-3-5(6)7(9)10/h1-16H;1-4,8H,(H,9,10). The number of aromatic hydroxyl groups is 1. The van der Waals surface area contributed by atoms with E-state index in [0.29, 0.717) is 5.62 Å². The van der Waals surface area contributed by atoms with Gasteiger partial charge in [0.2, 0.25) is 0 Å². The van der Waals surface area contributed by atoms with Crippen molar-refractivity contribution >= 4 is 11.7 Å². The van der Waals surface area contributed by atoms with Crippen molar-refractivity contribution in [2.45, 2.75) is 0 Å². The number of hydrogen-bond acceptors (Lipinski definition) is 3. The summed E-state index contributed by atoms with van der Waals surface area (Å²) in [5.74, 6) is -1.31. The monoisotopic (exact) mass is 450 g/mol. The molecular formula is C27H22N4O3. The number of benzene rings is 4. The van der Waals surface area contributed by atoms with Crippen molar-refractivity contribution in [1.82, 2.24) is 9.78 Å². The van der Waals surface area contributed by atoms with E-state index in [2.05, 4.69) is 5.10 Å². The third kappa shape index (κ3) is 5.46. The number of carboxylic acids is 1. The van der Waals surface area contributed by atoms with Gasteiger partial charge in [0.1, 0.15) is 17.6 Å². The smallest absolute Gasteiger partial charge is 0.339 e. The van der Waals surface area contributed by atoms with Crippen LogP contribution in [0.3, 0.4) is 0 Å². The highest BCUT2D eigenvalue weighted by atomic mass is 16.4. The van der Waals surface area contributed by atoms with E-state index in [4.69, 9.17) is 15.2 Å². The highest BCUT2D eigenvalue weighted by Crippen LogP contribution is 2.14. The Morgan fingerprint density at radius 2 is 1.32 bits per heavy atom. The molecule has 1 heterocycles. The largest absolute Gasteiger partial charge is 0.507 e. The first kappa shape index (κ1) is 22.3. The molecule has 0 fully saturated rings. The Morgan fingerprint density at radius 1 is 0.765 bits per heavy atom. The number of hydrogen-bond donors (Lipinski definition) is 2. The topological polar surface area (TPSA) is 92.8 Å². The minimum absolute atomic E-state index is 0.0671. The number of nitrogens with zero attached hydrogens (tertiary/aromatic N) is 4. The normalized spacial score (nSPS) is 10.9. The number of carboxylic acid groups (broad SMARTS) is 1. The summed E-state index contributed by atoms with van der Waals surface area (Å²) in [4.78, 5) is 15.0. The Balaban J connectivity index is 0.000000231. The van der Waals surface area contributed by atoms with Crippen molar-refractivity contribution < 1.29 is 19.6 Å². The summed E-state index contributed by atoms with van der Waals surface area (Å²) in [6, 6.07) is 35.8. The van der Waals surface area contributed by atoms with Gasteiger partial charge in [0.25, 0.3) is 5.62 Å². The fourth-order valence-corrected chi connectivity index (χ4v) is 3.16. The van der Waals surface area contributed by atoms with Gasteiger partial charge in [-0.25, -0.2) is 14.5 Å². The molecule has 168 valence electrons. The molecule has 4 aromatic carbocycles. The summed E-state index contributed by atoms with van der Waals surface area (Å²) in [7, 11) is 0. The van der Waals surface area contributed by atoms with Crippen LogP contribution in [0.5, 0.6) is 5.75 Å². The number of rotatable bonds is 4. The van der Waals surface area contributed by atoms with E-state index in [0.717, 1.165) is 17.1 Å². The van der Waals surface area contributed by atoms with Crippen LogP contribution in [0.1, 0.15) is 10.4 Å². The predicted molar refractivity (Wildman–Crippen MR) is 127 cm³/mol. The molecule has 34 heavy (non-hydrogen) atoms. The van der Waals surface area contributed by atoms with Gasteiger partial charge in [0.15, 0.2) is 0 Å². The van der Waals surface area contributed by atoms with Gasteiger partial charge in [-0.3, -0.25) is 4.57 Å². The first-order valence-corrected chi connectivity index (χ1v) is 10.5. The number of aromatic nitrogens is 3. The molecule has 0 unspecified atom stereocenters. The molecule has 2 N–H and O–H groups in total. The molecule has 0 saturated carbocycles. The van der Waals surface area contributed by atoms with Crippen LogP contribution >= 0.6 is 0 Å². The SMILES string of the molecule is O=C(O)c1ccccc1O.c1ccc(/N=c2\[n-]n(-c3ccccc3)c[n+]2-c2ccccc2)cc1. The molecule has 0 aliphatic carbocycles. The van der Waals surface area contributed by atoms with Gasteiger partial charge in [-0.05, 0) is 48.5 Å². The Kier molecular flexibility index (Phi) is 6.95. The van der Waals surface area contributed by atoms with E-state index in [-0.39, 0.29) is 11.3 Å². The Morgan fingerprint density at radius 3 is 1.91 bits per heavy atom. The lowest BCUT2D eigenvalue weighted by molar-refractivity contribution is -0.614. The van der Waals surface area contributed by atoms with E-state index in [1.807, 2.05) is 107 Å².